The summed E-state index contributed by atoms with van der Waals surface area (Å²) >= 11 is 0. The lowest BCUT2D eigenvalue weighted by Crippen LogP contribution is -2.29. The van der Waals surface area contributed by atoms with E-state index < -0.39 is 0 Å². The molecule has 0 bridgehead atoms. The number of aromatic nitrogens is 4. The zero-order valence-corrected chi connectivity index (χ0v) is 19.7. The van der Waals surface area contributed by atoms with Crippen LogP contribution in [0.15, 0.2) is 48.8 Å². The molecule has 2 aromatic carbocycles. The molecule has 2 N–H and O–H groups in total. The number of methoxy groups -OCH3 is 2. The van der Waals surface area contributed by atoms with Crippen LogP contribution in [0, 0.1) is 0 Å². The van der Waals surface area contributed by atoms with Crippen molar-refractivity contribution in [3.05, 3.63) is 60.0 Å². The molecular weight excluding hydrogens is 428 g/mol. The lowest BCUT2D eigenvalue weighted by molar-refractivity contribution is 0.393. The second-order valence-corrected chi connectivity index (χ2v) is 8.60. The highest BCUT2D eigenvalue weighted by Gasteiger charge is 2.13. The van der Waals surface area contributed by atoms with E-state index in [2.05, 4.69) is 48.6 Å². The number of piperidine rings is 1. The van der Waals surface area contributed by atoms with E-state index in [4.69, 9.17) is 9.47 Å². The smallest absolute Gasteiger partial charge is 0.153 e. The quantitative estimate of drug-likeness (QED) is 0.389. The maximum atomic E-state index is 5.37. The van der Waals surface area contributed by atoms with Crippen molar-refractivity contribution < 1.29 is 9.47 Å². The van der Waals surface area contributed by atoms with Crippen LogP contribution in [-0.4, -0.2) is 47.5 Å². The van der Waals surface area contributed by atoms with Crippen molar-refractivity contribution in [1.29, 1.82) is 0 Å². The number of nitrogens with one attached hydrogen (secondary N) is 2. The van der Waals surface area contributed by atoms with Crippen molar-refractivity contribution in [2.24, 2.45) is 0 Å². The van der Waals surface area contributed by atoms with E-state index in [9.17, 15) is 0 Å². The van der Waals surface area contributed by atoms with E-state index in [1.54, 1.807) is 20.5 Å². The molecule has 8 heteroatoms. The Morgan fingerprint density at radius 2 is 1.71 bits per heavy atom. The third-order valence-corrected chi connectivity index (χ3v) is 6.31. The van der Waals surface area contributed by atoms with Crippen molar-refractivity contribution >= 4 is 28.2 Å². The number of aryl methyl sites for hydroxylation is 2. The first-order chi connectivity index (χ1) is 16.7. The van der Waals surface area contributed by atoms with Gasteiger partial charge in [-0.05, 0) is 68.0 Å². The van der Waals surface area contributed by atoms with Crippen LogP contribution in [0.3, 0.4) is 0 Å². The summed E-state index contributed by atoms with van der Waals surface area (Å²) in [4.78, 5) is 11.4. The molecule has 1 aliphatic rings. The largest absolute Gasteiger partial charge is 0.497 e. The zero-order valence-electron chi connectivity index (χ0n) is 19.7. The minimum absolute atomic E-state index is 0.735. The van der Waals surface area contributed by atoms with Gasteiger partial charge in [0.1, 0.15) is 23.6 Å². The Balaban J connectivity index is 1.28. The van der Waals surface area contributed by atoms with E-state index in [1.807, 2.05) is 24.3 Å². The molecule has 0 amide bonds. The Hall–Kier alpha value is -3.81. The van der Waals surface area contributed by atoms with Crippen LogP contribution in [0.5, 0.6) is 11.5 Å². The molecule has 1 saturated heterocycles. The fourth-order valence-electron chi connectivity index (χ4n) is 4.46. The molecule has 0 unspecified atom stereocenters. The number of fused-ring (bicyclic) bond motifs is 1. The van der Waals surface area contributed by atoms with E-state index in [-0.39, 0.29) is 0 Å². The number of rotatable bonds is 8. The standard InChI is InChI=1S/C26H30N6O2/c1-33-21-12-18(13-22(16-21)34-2)6-7-19-14-25(31-30-19)29-26-23-9-8-20(15-24(23)27-17-28-26)32-10-4-3-5-11-32/h8-9,12-17H,3-7,10-11H2,1-2H3,(H2,27,28,29,30,31). The van der Waals surface area contributed by atoms with Gasteiger partial charge in [-0.15, -0.1) is 0 Å². The molecule has 0 spiro atoms. The van der Waals surface area contributed by atoms with Crippen molar-refractivity contribution in [2.75, 3.05) is 37.5 Å². The molecule has 3 heterocycles. The van der Waals surface area contributed by atoms with Gasteiger partial charge in [0, 0.05) is 42.0 Å². The number of hydrogen-bond donors (Lipinski definition) is 2. The Morgan fingerprint density at radius 1 is 0.912 bits per heavy atom. The number of H-pyrrole nitrogens is 1. The summed E-state index contributed by atoms with van der Waals surface area (Å²) in [6.45, 7) is 2.22. The van der Waals surface area contributed by atoms with Crippen molar-refractivity contribution in [1.82, 2.24) is 20.2 Å². The summed E-state index contributed by atoms with van der Waals surface area (Å²) in [6.07, 6.45) is 7.08. The average Bonchev–Trinajstić information content (AvgIpc) is 3.35. The van der Waals surface area contributed by atoms with Gasteiger partial charge in [0.15, 0.2) is 5.82 Å². The van der Waals surface area contributed by atoms with Gasteiger partial charge in [-0.3, -0.25) is 5.10 Å². The first kappa shape index (κ1) is 22.0. The van der Waals surface area contributed by atoms with Crippen LogP contribution in [0.2, 0.25) is 0 Å². The minimum atomic E-state index is 0.735. The second kappa shape index (κ2) is 9.99. The third kappa shape index (κ3) is 4.90. The highest BCUT2D eigenvalue weighted by molar-refractivity contribution is 5.92. The molecular formula is C26H30N6O2. The minimum Gasteiger partial charge on any atom is -0.497 e. The Morgan fingerprint density at radius 3 is 2.47 bits per heavy atom. The van der Waals surface area contributed by atoms with E-state index in [0.717, 1.165) is 71.2 Å². The number of ether oxygens (including phenoxy) is 2. The molecule has 8 nitrogen and oxygen atoms in total. The van der Waals surface area contributed by atoms with Crippen LogP contribution in [-0.2, 0) is 12.8 Å². The second-order valence-electron chi connectivity index (χ2n) is 8.60. The molecule has 5 rings (SSSR count). The summed E-state index contributed by atoms with van der Waals surface area (Å²) in [6, 6.07) is 14.4. The third-order valence-electron chi connectivity index (χ3n) is 6.31. The van der Waals surface area contributed by atoms with Gasteiger partial charge >= 0.3 is 0 Å². The summed E-state index contributed by atoms with van der Waals surface area (Å²) in [7, 11) is 3.33. The highest BCUT2D eigenvalue weighted by Crippen LogP contribution is 2.28. The number of anilines is 3. The van der Waals surface area contributed by atoms with Crippen molar-refractivity contribution in [3.63, 3.8) is 0 Å². The molecule has 4 aromatic rings. The summed E-state index contributed by atoms with van der Waals surface area (Å²) < 4.78 is 10.7. The molecule has 0 atom stereocenters. The maximum Gasteiger partial charge on any atom is 0.153 e. The molecule has 1 aliphatic heterocycles. The summed E-state index contributed by atoms with van der Waals surface area (Å²) in [5.74, 6) is 3.07. The van der Waals surface area contributed by atoms with Crippen LogP contribution in [0.25, 0.3) is 10.9 Å². The fraction of sp³-hybridized carbons (Fsp3) is 0.346. The summed E-state index contributed by atoms with van der Waals surface area (Å²) in [5.41, 5.74) is 4.35. The SMILES string of the molecule is COc1cc(CCc2cc(Nc3ncnc4cc(N5CCCCC5)ccc34)n[nH]2)cc(OC)c1. The Bertz CT molecular complexity index is 1240. The van der Waals surface area contributed by atoms with Gasteiger partial charge in [-0.25, -0.2) is 9.97 Å². The van der Waals surface area contributed by atoms with Gasteiger partial charge in [0.25, 0.3) is 0 Å². The van der Waals surface area contributed by atoms with Crippen molar-refractivity contribution in [2.45, 2.75) is 32.1 Å². The van der Waals surface area contributed by atoms with E-state index >= 15 is 0 Å². The predicted octanol–water partition coefficient (Wildman–Crippen LogP) is 4.89. The van der Waals surface area contributed by atoms with Crippen molar-refractivity contribution in [3.8, 4) is 11.5 Å². The molecule has 1 fully saturated rings. The monoisotopic (exact) mass is 458 g/mol. The number of nitrogens with zero attached hydrogens (tertiary/aromatic N) is 4. The number of benzene rings is 2. The van der Waals surface area contributed by atoms with Gasteiger partial charge < -0.3 is 19.7 Å². The molecule has 0 radical (unpaired) electrons. The molecule has 2 aromatic heterocycles. The number of hydrogen-bond acceptors (Lipinski definition) is 7. The molecule has 176 valence electrons. The summed E-state index contributed by atoms with van der Waals surface area (Å²) in [5, 5.41) is 11.9. The van der Waals surface area contributed by atoms with E-state index in [1.165, 1.54) is 24.9 Å². The van der Waals surface area contributed by atoms with Crippen LogP contribution < -0.4 is 19.7 Å². The van der Waals surface area contributed by atoms with Gasteiger partial charge in [0.05, 0.1) is 19.7 Å². The van der Waals surface area contributed by atoms with E-state index in [0.29, 0.717) is 0 Å². The Kier molecular flexibility index (Phi) is 6.46. The lowest BCUT2D eigenvalue weighted by Gasteiger charge is -2.28. The lowest BCUT2D eigenvalue weighted by atomic mass is 10.1. The maximum absolute atomic E-state index is 5.37. The normalized spacial score (nSPS) is 13.8. The fourth-order valence-corrected chi connectivity index (χ4v) is 4.46. The average molecular weight is 459 g/mol. The Labute approximate surface area is 199 Å². The molecule has 34 heavy (non-hydrogen) atoms. The first-order valence-electron chi connectivity index (χ1n) is 11.7. The van der Waals surface area contributed by atoms with Gasteiger partial charge in [-0.2, -0.15) is 5.10 Å². The number of aromatic amines is 1. The first-order valence-corrected chi connectivity index (χ1v) is 11.7. The van der Waals surface area contributed by atoms with Gasteiger partial charge in [-0.1, -0.05) is 0 Å². The van der Waals surface area contributed by atoms with Crippen LogP contribution in [0.1, 0.15) is 30.5 Å². The molecule has 0 aliphatic carbocycles. The van der Waals surface area contributed by atoms with Crippen LogP contribution >= 0.6 is 0 Å². The van der Waals surface area contributed by atoms with Crippen LogP contribution in [0.4, 0.5) is 17.3 Å². The zero-order chi connectivity index (χ0) is 23.3. The van der Waals surface area contributed by atoms with Gasteiger partial charge in [0.2, 0.25) is 0 Å². The topological polar surface area (TPSA) is 88.2 Å². The predicted molar refractivity (Wildman–Crippen MR) is 134 cm³/mol. The molecule has 0 saturated carbocycles. The highest BCUT2D eigenvalue weighted by atomic mass is 16.5.